The smallest absolute Gasteiger partial charge is 0.151 e. The molecule has 0 N–H and O–H groups in total. The molecule has 0 unspecified atom stereocenters. The zero-order valence-corrected chi connectivity index (χ0v) is 12.5. The second-order valence-corrected chi connectivity index (χ2v) is 6.78. The minimum atomic E-state index is -3.11. The maximum absolute atomic E-state index is 11.4. The van der Waals surface area contributed by atoms with Crippen molar-refractivity contribution in [3.63, 3.8) is 0 Å². The maximum Gasteiger partial charge on any atom is 0.151 e. The standard InChI is InChI=1S/C15H14N2O3S/c1-20-15-7-11(10-21(2,18)19)3-4-13(15)14-9-17-6-5-12(14)8-16/h3-7,9H,10H2,1-2H3. The van der Waals surface area contributed by atoms with Crippen molar-refractivity contribution in [2.24, 2.45) is 0 Å². The molecule has 0 amide bonds. The Kier molecular flexibility index (Phi) is 4.24. The predicted octanol–water partition coefficient (Wildman–Crippen LogP) is 2.17. The minimum absolute atomic E-state index is 0.0538. The molecule has 0 atom stereocenters. The minimum Gasteiger partial charge on any atom is -0.496 e. The summed E-state index contributed by atoms with van der Waals surface area (Å²) >= 11 is 0. The van der Waals surface area contributed by atoms with E-state index in [4.69, 9.17) is 10.00 Å². The predicted molar refractivity (Wildman–Crippen MR) is 79.5 cm³/mol. The summed E-state index contributed by atoms with van der Waals surface area (Å²) < 4.78 is 28.0. The number of ether oxygens (including phenoxy) is 1. The average Bonchev–Trinajstić information content (AvgIpc) is 2.45. The van der Waals surface area contributed by atoms with Crippen molar-refractivity contribution in [2.45, 2.75) is 5.75 Å². The van der Waals surface area contributed by atoms with Crippen LogP contribution < -0.4 is 4.74 Å². The van der Waals surface area contributed by atoms with E-state index in [1.54, 1.807) is 36.7 Å². The normalized spacial score (nSPS) is 10.9. The molecule has 108 valence electrons. The van der Waals surface area contributed by atoms with Crippen LogP contribution in [-0.4, -0.2) is 26.8 Å². The van der Waals surface area contributed by atoms with Gasteiger partial charge in [-0.05, 0) is 17.7 Å². The highest BCUT2D eigenvalue weighted by molar-refractivity contribution is 7.89. The van der Waals surface area contributed by atoms with Crippen molar-refractivity contribution in [1.29, 1.82) is 5.26 Å². The molecule has 0 fully saturated rings. The maximum atomic E-state index is 11.4. The number of hydrogen-bond donors (Lipinski definition) is 0. The van der Waals surface area contributed by atoms with Gasteiger partial charge in [0.1, 0.15) is 5.75 Å². The number of nitriles is 1. The lowest BCUT2D eigenvalue weighted by atomic mass is 10.0. The van der Waals surface area contributed by atoms with Crippen molar-refractivity contribution in [3.05, 3.63) is 47.8 Å². The Bertz CT molecular complexity index is 808. The van der Waals surface area contributed by atoms with Crippen LogP contribution in [0.25, 0.3) is 11.1 Å². The van der Waals surface area contributed by atoms with Gasteiger partial charge in [-0.15, -0.1) is 0 Å². The lowest BCUT2D eigenvalue weighted by Crippen LogP contribution is -2.01. The van der Waals surface area contributed by atoms with Gasteiger partial charge in [0.15, 0.2) is 9.84 Å². The molecule has 0 saturated carbocycles. The van der Waals surface area contributed by atoms with Crippen molar-refractivity contribution >= 4 is 9.84 Å². The van der Waals surface area contributed by atoms with Crippen molar-refractivity contribution < 1.29 is 13.2 Å². The highest BCUT2D eigenvalue weighted by Crippen LogP contribution is 2.32. The lowest BCUT2D eigenvalue weighted by Gasteiger charge is -2.11. The molecule has 0 spiro atoms. The van der Waals surface area contributed by atoms with Gasteiger partial charge in [-0.2, -0.15) is 5.26 Å². The van der Waals surface area contributed by atoms with Gasteiger partial charge < -0.3 is 4.74 Å². The van der Waals surface area contributed by atoms with E-state index >= 15 is 0 Å². The number of pyridine rings is 1. The first-order valence-corrected chi connectivity index (χ1v) is 8.20. The molecule has 0 saturated heterocycles. The second-order valence-electron chi connectivity index (χ2n) is 4.64. The number of sulfone groups is 1. The summed E-state index contributed by atoms with van der Waals surface area (Å²) in [5.41, 5.74) is 2.49. The summed E-state index contributed by atoms with van der Waals surface area (Å²) in [5.74, 6) is 0.461. The molecule has 0 radical (unpaired) electrons. The van der Waals surface area contributed by atoms with Gasteiger partial charge in [0.25, 0.3) is 0 Å². The zero-order valence-electron chi connectivity index (χ0n) is 11.7. The first-order chi connectivity index (χ1) is 9.94. The summed E-state index contributed by atoms with van der Waals surface area (Å²) in [6, 6.07) is 8.86. The van der Waals surface area contributed by atoms with E-state index in [0.717, 1.165) is 0 Å². The van der Waals surface area contributed by atoms with Crippen LogP contribution >= 0.6 is 0 Å². The Morgan fingerprint density at radius 2 is 2.05 bits per heavy atom. The van der Waals surface area contributed by atoms with Crippen LogP contribution in [0.15, 0.2) is 36.7 Å². The quantitative estimate of drug-likeness (QED) is 0.864. The molecule has 2 rings (SSSR count). The van der Waals surface area contributed by atoms with E-state index in [1.165, 1.54) is 13.4 Å². The third kappa shape index (κ3) is 3.58. The Balaban J connectivity index is 2.53. The van der Waals surface area contributed by atoms with Crippen molar-refractivity contribution in [1.82, 2.24) is 4.98 Å². The third-order valence-corrected chi connectivity index (χ3v) is 3.78. The van der Waals surface area contributed by atoms with E-state index < -0.39 is 9.84 Å². The largest absolute Gasteiger partial charge is 0.496 e. The van der Waals surface area contributed by atoms with Crippen molar-refractivity contribution in [3.8, 4) is 22.9 Å². The molecule has 21 heavy (non-hydrogen) atoms. The lowest BCUT2D eigenvalue weighted by molar-refractivity contribution is 0.416. The Morgan fingerprint density at radius 1 is 1.29 bits per heavy atom. The number of nitrogens with zero attached hydrogens (tertiary/aromatic N) is 2. The van der Waals surface area contributed by atoms with E-state index in [2.05, 4.69) is 11.1 Å². The number of methoxy groups -OCH3 is 1. The van der Waals surface area contributed by atoms with E-state index in [1.807, 2.05) is 0 Å². The SMILES string of the molecule is COc1cc(CS(C)(=O)=O)ccc1-c1cnccc1C#N. The van der Waals surface area contributed by atoms with Crippen LogP contribution in [0.2, 0.25) is 0 Å². The van der Waals surface area contributed by atoms with Gasteiger partial charge in [-0.3, -0.25) is 4.98 Å². The second kappa shape index (κ2) is 5.94. The molecule has 0 bridgehead atoms. The van der Waals surface area contributed by atoms with Gasteiger partial charge >= 0.3 is 0 Å². The molecule has 0 aliphatic heterocycles. The first kappa shape index (κ1) is 15.0. The van der Waals surface area contributed by atoms with E-state index in [0.29, 0.717) is 28.0 Å². The van der Waals surface area contributed by atoms with Crippen LogP contribution in [0.5, 0.6) is 5.75 Å². The summed E-state index contributed by atoms with van der Waals surface area (Å²) in [6.07, 6.45) is 4.32. The van der Waals surface area contributed by atoms with Gasteiger partial charge in [0.05, 0.1) is 24.5 Å². The van der Waals surface area contributed by atoms with Gasteiger partial charge in [-0.1, -0.05) is 12.1 Å². The highest BCUT2D eigenvalue weighted by atomic mass is 32.2. The van der Waals surface area contributed by atoms with Gasteiger partial charge in [-0.25, -0.2) is 8.42 Å². The monoisotopic (exact) mass is 302 g/mol. The summed E-state index contributed by atoms with van der Waals surface area (Å²) in [7, 11) is -1.61. The third-order valence-electron chi connectivity index (χ3n) is 2.93. The fourth-order valence-electron chi connectivity index (χ4n) is 2.06. The Morgan fingerprint density at radius 3 is 2.67 bits per heavy atom. The zero-order chi connectivity index (χ0) is 15.5. The number of rotatable bonds is 4. The van der Waals surface area contributed by atoms with Crippen LogP contribution in [0, 0.1) is 11.3 Å². The van der Waals surface area contributed by atoms with Crippen molar-refractivity contribution in [2.75, 3.05) is 13.4 Å². The molecule has 5 nitrogen and oxygen atoms in total. The fraction of sp³-hybridized carbons (Fsp3) is 0.200. The molecule has 0 aliphatic rings. The molecule has 6 heteroatoms. The molecule has 1 aromatic heterocycles. The summed E-state index contributed by atoms with van der Waals surface area (Å²) in [4.78, 5) is 4.02. The van der Waals surface area contributed by atoms with Gasteiger partial charge in [0.2, 0.25) is 0 Å². The van der Waals surface area contributed by atoms with Crippen LogP contribution in [0.1, 0.15) is 11.1 Å². The van der Waals surface area contributed by atoms with E-state index in [9.17, 15) is 8.42 Å². The highest BCUT2D eigenvalue weighted by Gasteiger charge is 2.13. The molecular weight excluding hydrogens is 288 g/mol. The van der Waals surface area contributed by atoms with Crippen LogP contribution in [-0.2, 0) is 15.6 Å². The molecular formula is C15H14N2O3S. The topological polar surface area (TPSA) is 80.1 Å². The Hall–Kier alpha value is -2.39. The van der Waals surface area contributed by atoms with Crippen LogP contribution in [0.3, 0.4) is 0 Å². The first-order valence-electron chi connectivity index (χ1n) is 6.13. The molecule has 2 aromatic rings. The number of aromatic nitrogens is 1. The number of hydrogen-bond acceptors (Lipinski definition) is 5. The molecule has 1 aromatic carbocycles. The van der Waals surface area contributed by atoms with Gasteiger partial charge in [0, 0.05) is 29.8 Å². The van der Waals surface area contributed by atoms with Crippen LogP contribution in [0.4, 0.5) is 0 Å². The fourth-order valence-corrected chi connectivity index (χ4v) is 2.84. The van der Waals surface area contributed by atoms with E-state index in [-0.39, 0.29) is 5.75 Å². The summed E-state index contributed by atoms with van der Waals surface area (Å²) in [6.45, 7) is 0. The Labute approximate surface area is 123 Å². The average molecular weight is 302 g/mol. The molecule has 1 heterocycles. The number of benzene rings is 1. The summed E-state index contributed by atoms with van der Waals surface area (Å²) in [5, 5.41) is 9.15. The molecule has 0 aliphatic carbocycles.